The maximum atomic E-state index is 13.5. The van der Waals surface area contributed by atoms with E-state index in [4.69, 9.17) is 10.5 Å². The number of ether oxygens (including phenoxy) is 3. The van der Waals surface area contributed by atoms with Gasteiger partial charge in [-0.1, -0.05) is 18.2 Å². The molecule has 1 heterocycles. The number of nitrogen functional groups attached to an aromatic ring is 1. The lowest BCUT2D eigenvalue weighted by Gasteiger charge is -2.06. The molecule has 27 heavy (non-hydrogen) atoms. The van der Waals surface area contributed by atoms with Crippen molar-refractivity contribution in [3.63, 3.8) is 0 Å². The zero-order valence-corrected chi connectivity index (χ0v) is 15.3. The molecule has 0 fully saturated rings. The predicted molar refractivity (Wildman–Crippen MR) is 96.6 cm³/mol. The van der Waals surface area contributed by atoms with Crippen LogP contribution in [0.15, 0.2) is 30.3 Å². The first kappa shape index (κ1) is 20.1. The van der Waals surface area contributed by atoms with Crippen molar-refractivity contribution in [3.05, 3.63) is 57.7 Å². The highest BCUT2D eigenvalue weighted by Crippen LogP contribution is 2.33. The largest absolute Gasteiger partial charge is 0.465 e. The third-order valence-electron chi connectivity index (χ3n) is 3.46. The van der Waals surface area contributed by atoms with Crippen molar-refractivity contribution in [2.45, 2.75) is 6.61 Å². The molecule has 0 bridgehead atoms. The second-order valence-electron chi connectivity index (χ2n) is 5.09. The zero-order valence-electron chi connectivity index (χ0n) is 14.5. The molecule has 0 aliphatic carbocycles. The molecule has 2 N–H and O–H groups in total. The molecule has 0 amide bonds. The number of thiophene rings is 1. The van der Waals surface area contributed by atoms with E-state index >= 15 is 0 Å². The fraction of sp³-hybridized carbons (Fsp3) is 0.167. The van der Waals surface area contributed by atoms with Gasteiger partial charge in [-0.3, -0.25) is 0 Å². The van der Waals surface area contributed by atoms with Crippen molar-refractivity contribution in [3.8, 4) is 0 Å². The minimum atomic E-state index is -0.797. The predicted octanol–water partition coefficient (Wildman–Crippen LogP) is 2.80. The summed E-state index contributed by atoms with van der Waals surface area (Å²) in [6.07, 6.45) is 2.28. The number of carbonyl (C=O) groups excluding carboxylic acids is 3. The Balaban J connectivity index is 2.21. The van der Waals surface area contributed by atoms with Crippen molar-refractivity contribution in [1.29, 1.82) is 0 Å². The van der Waals surface area contributed by atoms with E-state index in [1.807, 2.05) is 0 Å². The van der Waals surface area contributed by atoms with Crippen LogP contribution >= 0.6 is 11.3 Å². The van der Waals surface area contributed by atoms with Crippen molar-refractivity contribution in [1.82, 2.24) is 0 Å². The van der Waals surface area contributed by atoms with Gasteiger partial charge in [-0.15, -0.1) is 11.3 Å². The summed E-state index contributed by atoms with van der Waals surface area (Å²) < 4.78 is 27.9. The quantitative estimate of drug-likeness (QED) is 0.457. The Hall–Kier alpha value is -3.20. The molecule has 0 saturated heterocycles. The average molecular weight is 393 g/mol. The molecular formula is C18H16FNO6S. The molecule has 1 aromatic heterocycles. The first-order chi connectivity index (χ1) is 12.9. The van der Waals surface area contributed by atoms with E-state index in [9.17, 15) is 18.8 Å². The van der Waals surface area contributed by atoms with Gasteiger partial charge in [0.25, 0.3) is 0 Å². The van der Waals surface area contributed by atoms with E-state index < -0.39 is 30.3 Å². The Labute approximate surface area is 158 Å². The first-order valence-corrected chi connectivity index (χ1v) is 8.37. The van der Waals surface area contributed by atoms with E-state index in [0.717, 1.165) is 24.5 Å². The summed E-state index contributed by atoms with van der Waals surface area (Å²) in [4.78, 5) is 35.8. The number of carbonyl (C=O) groups is 3. The van der Waals surface area contributed by atoms with Gasteiger partial charge < -0.3 is 19.9 Å². The number of hydrogen-bond donors (Lipinski definition) is 1. The van der Waals surface area contributed by atoms with Crippen LogP contribution in [0.4, 0.5) is 9.39 Å². The Kier molecular flexibility index (Phi) is 6.67. The van der Waals surface area contributed by atoms with Crippen LogP contribution in [0.5, 0.6) is 0 Å². The van der Waals surface area contributed by atoms with Gasteiger partial charge in [0.1, 0.15) is 27.9 Å². The number of halogens is 1. The number of esters is 3. The van der Waals surface area contributed by atoms with Crippen LogP contribution in [-0.4, -0.2) is 32.1 Å². The average Bonchev–Trinajstić information content (AvgIpc) is 3.00. The summed E-state index contributed by atoms with van der Waals surface area (Å²) in [6, 6.07) is 5.88. The Bertz CT molecular complexity index is 905. The van der Waals surface area contributed by atoms with Gasteiger partial charge in [-0.25, -0.2) is 18.8 Å². The van der Waals surface area contributed by atoms with Crippen LogP contribution in [0.1, 0.15) is 31.2 Å². The normalized spacial score (nSPS) is 10.6. The lowest BCUT2D eigenvalue weighted by molar-refractivity contribution is -0.138. The highest BCUT2D eigenvalue weighted by Gasteiger charge is 2.27. The van der Waals surface area contributed by atoms with E-state index in [1.165, 1.54) is 31.4 Å². The summed E-state index contributed by atoms with van der Waals surface area (Å²) in [6.45, 7) is -0.414. The van der Waals surface area contributed by atoms with Gasteiger partial charge in [0.05, 0.1) is 14.2 Å². The highest BCUT2D eigenvalue weighted by atomic mass is 32.1. The number of methoxy groups -OCH3 is 2. The SMILES string of the molecule is COC(=O)c1sc(N)c(C(=O)OC)c1COC(=O)/C=C/c1ccccc1F. The molecule has 0 saturated carbocycles. The van der Waals surface area contributed by atoms with Gasteiger partial charge in [-0.2, -0.15) is 0 Å². The van der Waals surface area contributed by atoms with Gasteiger partial charge in [0.2, 0.25) is 0 Å². The molecule has 0 unspecified atom stereocenters. The van der Waals surface area contributed by atoms with Crippen LogP contribution in [0.3, 0.4) is 0 Å². The number of rotatable bonds is 6. The summed E-state index contributed by atoms with van der Waals surface area (Å²) in [5.74, 6) is -2.79. The third-order valence-corrected chi connectivity index (χ3v) is 4.50. The molecule has 2 aromatic rings. The van der Waals surface area contributed by atoms with Crippen LogP contribution < -0.4 is 5.73 Å². The Morgan fingerprint density at radius 2 is 1.81 bits per heavy atom. The molecule has 0 atom stereocenters. The maximum Gasteiger partial charge on any atom is 0.348 e. The van der Waals surface area contributed by atoms with Crippen molar-refractivity contribution >= 4 is 40.3 Å². The lowest BCUT2D eigenvalue weighted by atomic mass is 10.1. The van der Waals surface area contributed by atoms with Crippen LogP contribution in [0.25, 0.3) is 6.08 Å². The Morgan fingerprint density at radius 1 is 1.15 bits per heavy atom. The van der Waals surface area contributed by atoms with Crippen LogP contribution in [0.2, 0.25) is 0 Å². The summed E-state index contributed by atoms with van der Waals surface area (Å²) in [5.41, 5.74) is 6.02. The monoisotopic (exact) mass is 393 g/mol. The molecule has 0 aliphatic heterocycles. The number of anilines is 1. The minimum absolute atomic E-state index is 0.0290. The highest BCUT2D eigenvalue weighted by molar-refractivity contribution is 7.18. The molecule has 0 aliphatic rings. The molecule has 0 spiro atoms. The standard InChI is InChI=1S/C18H16FNO6S/c1-24-17(22)14-11(15(18(23)25-2)27-16(14)20)9-26-13(21)8-7-10-5-3-4-6-12(10)19/h3-8H,9,20H2,1-2H3/b8-7+. The zero-order chi connectivity index (χ0) is 20.0. The van der Waals surface area contributed by atoms with Gasteiger partial charge in [0.15, 0.2) is 0 Å². The maximum absolute atomic E-state index is 13.5. The van der Waals surface area contributed by atoms with E-state index in [2.05, 4.69) is 9.47 Å². The summed E-state index contributed by atoms with van der Waals surface area (Å²) >= 11 is 0.825. The number of hydrogen-bond acceptors (Lipinski definition) is 8. The third kappa shape index (κ3) is 4.70. The Morgan fingerprint density at radius 3 is 2.44 bits per heavy atom. The fourth-order valence-electron chi connectivity index (χ4n) is 2.17. The number of benzene rings is 1. The van der Waals surface area contributed by atoms with Crippen molar-refractivity contribution in [2.24, 2.45) is 0 Å². The van der Waals surface area contributed by atoms with Gasteiger partial charge in [0, 0.05) is 17.2 Å². The van der Waals surface area contributed by atoms with Crippen LogP contribution in [0, 0.1) is 5.82 Å². The lowest BCUT2D eigenvalue weighted by Crippen LogP contribution is -2.11. The fourth-order valence-corrected chi connectivity index (χ4v) is 3.14. The molecular weight excluding hydrogens is 377 g/mol. The van der Waals surface area contributed by atoms with Crippen molar-refractivity contribution in [2.75, 3.05) is 20.0 Å². The van der Waals surface area contributed by atoms with E-state index in [1.54, 1.807) is 6.07 Å². The summed E-state index contributed by atoms with van der Waals surface area (Å²) in [7, 11) is 2.33. The molecule has 1 aromatic carbocycles. The summed E-state index contributed by atoms with van der Waals surface area (Å²) in [5, 5.41) is 0.0372. The van der Waals surface area contributed by atoms with Gasteiger partial charge in [-0.05, 0) is 12.1 Å². The molecule has 7 nitrogen and oxygen atoms in total. The van der Waals surface area contributed by atoms with Gasteiger partial charge >= 0.3 is 17.9 Å². The second-order valence-corrected chi connectivity index (χ2v) is 6.15. The molecule has 0 radical (unpaired) electrons. The number of nitrogens with two attached hydrogens (primary N) is 1. The van der Waals surface area contributed by atoms with Crippen LogP contribution in [-0.2, 0) is 25.6 Å². The smallest absolute Gasteiger partial charge is 0.348 e. The van der Waals surface area contributed by atoms with E-state index in [0.29, 0.717) is 0 Å². The topological polar surface area (TPSA) is 105 Å². The molecule has 142 valence electrons. The van der Waals surface area contributed by atoms with E-state index in [-0.39, 0.29) is 26.6 Å². The second kappa shape index (κ2) is 8.95. The molecule has 9 heteroatoms. The van der Waals surface area contributed by atoms with Crippen molar-refractivity contribution < 1.29 is 33.0 Å². The first-order valence-electron chi connectivity index (χ1n) is 7.56. The molecule has 2 rings (SSSR count). The minimum Gasteiger partial charge on any atom is -0.465 e.